The van der Waals surface area contributed by atoms with E-state index in [0.717, 1.165) is 75.4 Å². The monoisotopic (exact) mass is 618 g/mol. The molecule has 8 aliphatic rings. The fraction of sp³-hybridized carbons (Fsp3) is 0.821. The largest absolute Gasteiger partial charge is 0.393 e. The Labute approximate surface area is 268 Å². The molecule has 3 N–H and O–H groups in total. The van der Waals surface area contributed by atoms with Gasteiger partial charge in [-0.25, -0.2) is 0 Å². The van der Waals surface area contributed by atoms with Gasteiger partial charge in [-0.3, -0.25) is 14.4 Å². The highest BCUT2D eigenvalue weighted by atomic mass is 16.5. The first kappa shape index (κ1) is 30.7. The van der Waals surface area contributed by atoms with Gasteiger partial charge in [0.1, 0.15) is 5.78 Å². The number of Topliss-reactive ketones (excluding diaryl/α,β-unsaturated/α-hetero) is 2. The lowest BCUT2D eigenvalue weighted by atomic mass is 9.41. The lowest BCUT2D eigenvalue weighted by Crippen LogP contribution is -2.60. The van der Waals surface area contributed by atoms with Crippen LogP contribution in [0.25, 0.3) is 0 Å². The minimum Gasteiger partial charge on any atom is -0.393 e. The Kier molecular flexibility index (Phi) is 6.79. The second-order valence-electron chi connectivity index (χ2n) is 17.8. The Balaban J connectivity index is 1.27. The number of aliphatic hydroxyl groups is 3. The molecular formula is C39H54O6. The van der Waals surface area contributed by atoms with Gasteiger partial charge in [-0.2, -0.15) is 0 Å². The number of allylic oxidation sites excluding steroid dienone is 2. The van der Waals surface area contributed by atoms with Crippen molar-refractivity contribution in [2.75, 3.05) is 0 Å². The van der Waals surface area contributed by atoms with Gasteiger partial charge in [-0.05, 0) is 146 Å². The van der Waals surface area contributed by atoms with Crippen molar-refractivity contribution in [2.45, 2.75) is 130 Å². The summed E-state index contributed by atoms with van der Waals surface area (Å²) < 4.78 is 0. The van der Waals surface area contributed by atoms with Crippen LogP contribution in [0.2, 0.25) is 0 Å². The smallest absolute Gasteiger partial charge is 0.163 e. The van der Waals surface area contributed by atoms with E-state index in [1.165, 1.54) is 0 Å². The molecule has 0 radical (unpaired) electrons. The number of aliphatic hydroxyl groups excluding tert-OH is 2. The summed E-state index contributed by atoms with van der Waals surface area (Å²) in [7, 11) is 0. The third-order valence-corrected chi connectivity index (χ3v) is 16.8. The van der Waals surface area contributed by atoms with Crippen LogP contribution in [0.5, 0.6) is 0 Å². The SMILES string of the molecule is CC1CC(=O)C(C2=CC(=O)CC3CC[C@@H]4[C@@H](CC[C@]5(C)C(=O)CC[C@@H]45)[C@@]23C)=C2CC[C@@H]3[C@@H](CC[C@]4(C)C(O)CC[C@@H]34)[C@]21C(O)O. The van der Waals surface area contributed by atoms with E-state index >= 15 is 0 Å². The molecule has 0 aromatic carbocycles. The molecule has 0 amide bonds. The van der Waals surface area contributed by atoms with Crippen molar-refractivity contribution in [3.8, 4) is 0 Å². The maximum absolute atomic E-state index is 14.5. The summed E-state index contributed by atoms with van der Waals surface area (Å²) in [6, 6.07) is 0. The summed E-state index contributed by atoms with van der Waals surface area (Å²) >= 11 is 0. The zero-order valence-electron chi connectivity index (χ0n) is 27.8. The van der Waals surface area contributed by atoms with Gasteiger partial charge in [0.15, 0.2) is 17.9 Å². The van der Waals surface area contributed by atoms with Gasteiger partial charge in [0, 0.05) is 35.7 Å². The fourth-order valence-corrected chi connectivity index (χ4v) is 14.5. The summed E-state index contributed by atoms with van der Waals surface area (Å²) in [5.41, 5.74) is 0.846. The van der Waals surface area contributed by atoms with Crippen LogP contribution in [0.4, 0.5) is 0 Å². The number of rotatable bonds is 2. The molecule has 0 aliphatic heterocycles. The quantitative estimate of drug-likeness (QED) is 0.322. The first-order valence-corrected chi connectivity index (χ1v) is 18.4. The number of hydrogen-bond acceptors (Lipinski definition) is 6. The second kappa shape index (κ2) is 9.95. The minimum atomic E-state index is -1.59. The molecule has 8 aliphatic carbocycles. The van der Waals surface area contributed by atoms with Crippen LogP contribution in [-0.2, 0) is 14.4 Å². The fourth-order valence-electron chi connectivity index (χ4n) is 14.5. The van der Waals surface area contributed by atoms with Crippen molar-refractivity contribution >= 4 is 17.3 Å². The van der Waals surface area contributed by atoms with E-state index in [-0.39, 0.29) is 64.0 Å². The van der Waals surface area contributed by atoms with E-state index in [0.29, 0.717) is 54.3 Å². The highest BCUT2D eigenvalue weighted by molar-refractivity contribution is 6.05. The molecule has 8 rings (SSSR count). The van der Waals surface area contributed by atoms with Gasteiger partial charge in [-0.1, -0.05) is 27.7 Å². The molecule has 6 heteroatoms. The maximum atomic E-state index is 14.5. The molecule has 0 aromatic rings. The van der Waals surface area contributed by atoms with Crippen LogP contribution in [0.3, 0.4) is 0 Å². The number of carbonyl (C=O) groups excluding carboxylic acids is 3. The Hall–Kier alpha value is -1.63. The topological polar surface area (TPSA) is 112 Å². The highest BCUT2D eigenvalue weighted by Crippen LogP contribution is 2.71. The van der Waals surface area contributed by atoms with Crippen molar-refractivity contribution in [3.63, 3.8) is 0 Å². The van der Waals surface area contributed by atoms with Crippen molar-refractivity contribution in [1.29, 1.82) is 0 Å². The Morgan fingerprint density at radius 1 is 0.778 bits per heavy atom. The Morgan fingerprint density at radius 3 is 2.27 bits per heavy atom. The van der Waals surface area contributed by atoms with E-state index in [1.807, 2.05) is 6.08 Å². The predicted octanol–water partition coefficient (Wildman–Crippen LogP) is 6.11. The van der Waals surface area contributed by atoms with E-state index in [9.17, 15) is 29.7 Å². The molecule has 13 atom stereocenters. The molecule has 3 unspecified atom stereocenters. The molecule has 45 heavy (non-hydrogen) atoms. The lowest BCUT2D eigenvalue weighted by Gasteiger charge is -2.63. The Bertz CT molecular complexity index is 1410. The summed E-state index contributed by atoms with van der Waals surface area (Å²) in [6.45, 7) is 8.82. The average molecular weight is 619 g/mol. The molecule has 6 nitrogen and oxygen atoms in total. The van der Waals surface area contributed by atoms with Gasteiger partial charge in [0.25, 0.3) is 0 Å². The minimum absolute atomic E-state index is 0.0326. The third-order valence-electron chi connectivity index (χ3n) is 16.8. The Morgan fingerprint density at radius 2 is 1.51 bits per heavy atom. The molecule has 0 bridgehead atoms. The molecule has 0 aromatic heterocycles. The predicted molar refractivity (Wildman–Crippen MR) is 169 cm³/mol. The van der Waals surface area contributed by atoms with Crippen LogP contribution in [-0.4, -0.2) is 45.1 Å². The molecular weight excluding hydrogens is 564 g/mol. The van der Waals surface area contributed by atoms with Gasteiger partial charge in [0.2, 0.25) is 0 Å². The average Bonchev–Trinajstić information content (AvgIpc) is 3.47. The van der Waals surface area contributed by atoms with Crippen LogP contribution < -0.4 is 0 Å². The normalized spacial score (nSPS) is 52.5. The number of carbonyl (C=O) groups is 3. The van der Waals surface area contributed by atoms with E-state index in [2.05, 4.69) is 27.7 Å². The van der Waals surface area contributed by atoms with Crippen molar-refractivity contribution < 1.29 is 29.7 Å². The number of fused-ring (bicyclic) bond motifs is 10. The van der Waals surface area contributed by atoms with E-state index < -0.39 is 11.7 Å². The van der Waals surface area contributed by atoms with E-state index in [4.69, 9.17) is 0 Å². The summed E-state index contributed by atoms with van der Waals surface area (Å²) in [5, 5.41) is 34.1. The zero-order chi connectivity index (χ0) is 31.8. The van der Waals surface area contributed by atoms with Gasteiger partial charge < -0.3 is 15.3 Å². The molecule has 246 valence electrons. The summed E-state index contributed by atoms with van der Waals surface area (Å²) in [6.07, 6.45) is 11.1. The summed E-state index contributed by atoms with van der Waals surface area (Å²) in [4.78, 5) is 41.1. The van der Waals surface area contributed by atoms with Crippen molar-refractivity contribution in [3.05, 3.63) is 22.8 Å². The number of ketones is 3. The van der Waals surface area contributed by atoms with Gasteiger partial charge in [-0.15, -0.1) is 0 Å². The second-order valence-corrected chi connectivity index (χ2v) is 17.8. The first-order valence-electron chi connectivity index (χ1n) is 18.4. The van der Waals surface area contributed by atoms with Crippen molar-refractivity contribution in [1.82, 2.24) is 0 Å². The highest BCUT2D eigenvalue weighted by Gasteiger charge is 2.67. The maximum Gasteiger partial charge on any atom is 0.163 e. The lowest BCUT2D eigenvalue weighted by molar-refractivity contribution is -0.204. The molecule has 0 spiro atoms. The summed E-state index contributed by atoms with van der Waals surface area (Å²) in [5.74, 6) is 2.28. The standard InChI is InChI=1S/C39H54O6/c1-20-17-31(41)34(29-8-7-24-26-10-12-33(43)37(26,3)16-14-28(24)39(20,29)35(44)45)30-19-22(40)18-21-5-6-23-25-9-11-32(42)36(25,2)15-13-27(23)38(21,30)4/h19-21,23-28,33,35,43-45H,5-18H2,1-4H3/t20?,21?,23-,24-,25-,26-,27+,28+,33?,36-,37-,38-,39-/m0/s1. The van der Waals surface area contributed by atoms with Crippen LogP contribution in [0.1, 0.15) is 118 Å². The van der Waals surface area contributed by atoms with Crippen molar-refractivity contribution in [2.24, 2.45) is 69.0 Å². The van der Waals surface area contributed by atoms with Crippen LogP contribution in [0.15, 0.2) is 22.8 Å². The molecule has 0 heterocycles. The van der Waals surface area contributed by atoms with Crippen LogP contribution >= 0.6 is 0 Å². The van der Waals surface area contributed by atoms with Crippen LogP contribution in [0, 0.1) is 69.0 Å². The van der Waals surface area contributed by atoms with Gasteiger partial charge in [0.05, 0.1) is 6.10 Å². The molecule has 0 saturated heterocycles. The third kappa shape index (κ3) is 3.71. The van der Waals surface area contributed by atoms with E-state index in [1.54, 1.807) is 0 Å². The number of hydrogen-bond donors (Lipinski definition) is 3. The zero-order valence-corrected chi connectivity index (χ0v) is 27.8. The van der Waals surface area contributed by atoms with Gasteiger partial charge >= 0.3 is 0 Å². The first-order chi connectivity index (χ1) is 21.3. The molecule has 6 fully saturated rings. The molecule has 6 saturated carbocycles.